The second-order valence-electron chi connectivity index (χ2n) is 4.90. The molecule has 5 nitrogen and oxygen atoms in total. The van der Waals surface area contributed by atoms with E-state index in [-0.39, 0.29) is 17.6 Å². The molecule has 1 aromatic heterocycles. The number of carbonyl (C=O) groups is 2. The molecule has 1 heterocycles. The van der Waals surface area contributed by atoms with Crippen molar-refractivity contribution >= 4 is 28.3 Å². The molecule has 0 radical (unpaired) electrons. The summed E-state index contributed by atoms with van der Waals surface area (Å²) in [6, 6.07) is 1.28. The number of rotatable bonds is 4. The maximum Gasteiger partial charge on any atom is 0.338 e. The highest BCUT2D eigenvalue weighted by Gasteiger charge is 2.23. The SMILES string of the molecule is C[C@H](NC(=O)Nc1sccc1C(=O)O)C1CCCC1. The van der Waals surface area contributed by atoms with E-state index >= 15 is 0 Å². The van der Waals surface area contributed by atoms with E-state index in [1.54, 1.807) is 5.38 Å². The molecule has 0 aromatic carbocycles. The van der Waals surface area contributed by atoms with Crippen LogP contribution >= 0.6 is 11.3 Å². The van der Waals surface area contributed by atoms with E-state index < -0.39 is 5.97 Å². The first kappa shape index (κ1) is 13.9. The lowest BCUT2D eigenvalue weighted by molar-refractivity contribution is 0.0698. The molecule has 1 saturated carbocycles. The molecule has 0 spiro atoms. The van der Waals surface area contributed by atoms with Gasteiger partial charge in [0.1, 0.15) is 5.00 Å². The minimum absolute atomic E-state index is 0.121. The molecule has 0 unspecified atom stereocenters. The molecular formula is C13H18N2O3S. The zero-order valence-corrected chi connectivity index (χ0v) is 11.6. The van der Waals surface area contributed by atoms with E-state index in [0.717, 1.165) is 12.8 Å². The summed E-state index contributed by atoms with van der Waals surface area (Å²) in [7, 11) is 0. The Kier molecular flexibility index (Phi) is 4.42. The average Bonchev–Trinajstić information content (AvgIpc) is 2.98. The van der Waals surface area contributed by atoms with Crippen molar-refractivity contribution in [2.75, 3.05) is 5.32 Å². The second-order valence-corrected chi connectivity index (χ2v) is 5.82. The number of anilines is 1. The molecule has 1 atom stereocenters. The predicted molar refractivity (Wildman–Crippen MR) is 74.9 cm³/mol. The van der Waals surface area contributed by atoms with Crippen LogP contribution in [0, 0.1) is 5.92 Å². The molecule has 1 aliphatic carbocycles. The molecule has 1 aromatic rings. The summed E-state index contributed by atoms with van der Waals surface area (Å²) < 4.78 is 0. The molecule has 1 aliphatic rings. The normalized spacial score (nSPS) is 17.1. The first-order valence-electron chi connectivity index (χ1n) is 6.46. The molecule has 0 aliphatic heterocycles. The van der Waals surface area contributed by atoms with E-state index in [0.29, 0.717) is 10.9 Å². The van der Waals surface area contributed by atoms with Gasteiger partial charge in [-0.2, -0.15) is 0 Å². The van der Waals surface area contributed by atoms with Crippen LogP contribution in [-0.4, -0.2) is 23.1 Å². The highest BCUT2D eigenvalue weighted by molar-refractivity contribution is 7.14. The maximum atomic E-state index is 11.8. The molecule has 104 valence electrons. The van der Waals surface area contributed by atoms with Gasteiger partial charge in [-0.05, 0) is 37.1 Å². The van der Waals surface area contributed by atoms with Crippen molar-refractivity contribution in [3.05, 3.63) is 17.0 Å². The van der Waals surface area contributed by atoms with Crippen LogP contribution in [0.15, 0.2) is 11.4 Å². The zero-order valence-electron chi connectivity index (χ0n) is 10.8. The van der Waals surface area contributed by atoms with Crippen LogP contribution in [0.5, 0.6) is 0 Å². The lowest BCUT2D eigenvalue weighted by Crippen LogP contribution is -2.39. The first-order valence-corrected chi connectivity index (χ1v) is 7.34. The largest absolute Gasteiger partial charge is 0.478 e. The number of carbonyl (C=O) groups excluding carboxylic acids is 1. The van der Waals surface area contributed by atoms with E-state index in [1.807, 2.05) is 6.92 Å². The third-order valence-electron chi connectivity index (χ3n) is 3.59. The van der Waals surface area contributed by atoms with Crippen LogP contribution in [0.2, 0.25) is 0 Å². The van der Waals surface area contributed by atoms with E-state index in [1.165, 1.54) is 30.2 Å². The van der Waals surface area contributed by atoms with Crippen LogP contribution in [0.25, 0.3) is 0 Å². The summed E-state index contributed by atoms with van der Waals surface area (Å²) in [6.45, 7) is 2.00. The monoisotopic (exact) mass is 282 g/mol. The van der Waals surface area contributed by atoms with Gasteiger partial charge in [0.2, 0.25) is 0 Å². The van der Waals surface area contributed by atoms with Gasteiger partial charge in [0.25, 0.3) is 0 Å². The Labute approximate surface area is 116 Å². The molecule has 6 heteroatoms. The second kappa shape index (κ2) is 6.06. The Morgan fingerprint density at radius 1 is 1.42 bits per heavy atom. The lowest BCUT2D eigenvalue weighted by Gasteiger charge is -2.20. The Morgan fingerprint density at radius 3 is 2.74 bits per heavy atom. The maximum absolute atomic E-state index is 11.8. The number of carboxylic acid groups (broad SMARTS) is 1. The minimum Gasteiger partial charge on any atom is -0.478 e. The molecular weight excluding hydrogens is 264 g/mol. The van der Waals surface area contributed by atoms with Gasteiger partial charge < -0.3 is 10.4 Å². The Hall–Kier alpha value is -1.56. The topological polar surface area (TPSA) is 78.4 Å². The van der Waals surface area contributed by atoms with Crippen LogP contribution in [0.1, 0.15) is 43.0 Å². The van der Waals surface area contributed by atoms with Gasteiger partial charge in [-0.25, -0.2) is 9.59 Å². The fourth-order valence-electron chi connectivity index (χ4n) is 2.50. The number of urea groups is 1. The molecule has 3 N–H and O–H groups in total. The number of hydrogen-bond acceptors (Lipinski definition) is 3. The van der Waals surface area contributed by atoms with Crippen molar-refractivity contribution in [3.63, 3.8) is 0 Å². The predicted octanol–water partition coefficient (Wildman–Crippen LogP) is 3.15. The van der Waals surface area contributed by atoms with Gasteiger partial charge in [-0.1, -0.05) is 12.8 Å². The average molecular weight is 282 g/mol. The lowest BCUT2D eigenvalue weighted by atomic mass is 10.0. The van der Waals surface area contributed by atoms with Crippen molar-refractivity contribution in [3.8, 4) is 0 Å². The Balaban J connectivity index is 1.90. The summed E-state index contributed by atoms with van der Waals surface area (Å²) >= 11 is 1.21. The van der Waals surface area contributed by atoms with Crippen molar-refractivity contribution < 1.29 is 14.7 Å². The number of aromatic carboxylic acids is 1. The molecule has 19 heavy (non-hydrogen) atoms. The molecule has 2 amide bonds. The van der Waals surface area contributed by atoms with Crippen molar-refractivity contribution in [1.29, 1.82) is 0 Å². The van der Waals surface area contributed by atoms with E-state index in [9.17, 15) is 9.59 Å². The van der Waals surface area contributed by atoms with Crippen LogP contribution in [0.4, 0.5) is 9.80 Å². The van der Waals surface area contributed by atoms with E-state index in [2.05, 4.69) is 10.6 Å². The summed E-state index contributed by atoms with van der Waals surface area (Å²) in [5.41, 5.74) is 0.133. The number of carboxylic acids is 1. The van der Waals surface area contributed by atoms with Gasteiger partial charge in [0, 0.05) is 6.04 Å². The minimum atomic E-state index is -1.03. The highest BCUT2D eigenvalue weighted by atomic mass is 32.1. The van der Waals surface area contributed by atoms with Crippen molar-refractivity contribution in [2.24, 2.45) is 5.92 Å². The number of hydrogen-bond donors (Lipinski definition) is 3. The third kappa shape index (κ3) is 3.47. The number of amides is 2. The summed E-state index contributed by atoms with van der Waals surface area (Å²) in [6.07, 6.45) is 4.76. The van der Waals surface area contributed by atoms with Crippen LogP contribution in [0.3, 0.4) is 0 Å². The Morgan fingerprint density at radius 2 is 2.11 bits per heavy atom. The fourth-order valence-corrected chi connectivity index (χ4v) is 3.27. The van der Waals surface area contributed by atoms with Gasteiger partial charge >= 0.3 is 12.0 Å². The highest BCUT2D eigenvalue weighted by Crippen LogP contribution is 2.28. The fraction of sp³-hybridized carbons (Fsp3) is 0.538. The van der Waals surface area contributed by atoms with Gasteiger partial charge in [0.15, 0.2) is 0 Å². The Bertz CT molecular complexity index is 466. The molecule has 0 bridgehead atoms. The number of thiophene rings is 1. The van der Waals surface area contributed by atoms with Gasteiger partial charge in [-0.15, -0.1) is 11.3 Å². The van der Waals surface area contributed by atoms with Crippen LogP contribution in [-0.2, 0) is 0 Å². The summed E-state index contributed by atoms with van der Waals surface area (Å²) in [4.78, 5) is 22.8. The standard InChI is InChI=1S/C13H18N2O3S/c1-8(9-4-2-3-5-9)14-13(18)15-11-10(12(16)17)6-7-19-11/h6-9H,2-5H2,1H3,(H,16,17)(H2,14,15,18)/t8-/m0/s1. The van der Waals surface area contributed by atoms with Gasteiger partial charge in [0.05, 0.1) is 5.56 Å². The molecule has 1 fully saturated rings. The quantitative estimate of drug-likeness (QED) is 0.793. The summed E-state index contributed by atoms with van der Waals surface area (Å²) in [5.74, 6) is -0.492. The first-order chi connectivity index (χ1) is 9.08. The summed E-state index contributed by atoms with van der Waals surface area (Å²) in [5, 5.41) is 16.5. The zero-order chi connectivity index (χ0) is 13.8. The third-order valence-corrected chi connectivity index (χ3v) is 4.42. The molecule has 0 saturated heterocycles. The number of nitrogens with one attached hydrogen (secondary N) is 2. The van der Waals surface area contributed by atoms with Crippen LogP contribution < -0.4 is 10.6 Å². The van der Waals surface area contributed by atoms with Crippen molar-refractivity contribution in [2.45, 2.75) is 38.6 Å². The van der Waals surface area contributed by atoms with Crippen molar-refractivity contribution in [1.82, 2.24) is 5.32 Å². The smallest absolute Gasteiger partial charge is 0.338 e. The van der Waals surface area contributed by atoms with E-state index in [4.69, 9.17) is 5.11 Å². The molecule has 2 rings (SSSR count). The van der Waals surface area contributed by atoms with Gasteiger partial charge in [-0.3, -0.25) is 5.32 Å².